The standard InChI is InChI=1S/C14H16INO5/c15-9-3-4-12(11(6-9)14(18)19)21-8-13(17)16-7-10-2-1-5-20-10/h3-4,6,10H,1-2,5,7-8H2,(H,16,17)(H,18,19). The summed E-state index contributed by atoms with van der Waals surface area (Å²) in [6.45, 7) is 0.982. The highest BCUT2D eigenvalue weighted by atomic mass is 127. The number of amides is 1. The summed E-state index contributed by atoms with van der Waals surface area (Å²) in [5.74, 6) is -1.18. The van der Waals surface area contributed by atoms with Crippen molar-refractivity contribution in [1.82, 2.24) is 5.32 Å². The first-order valence-electron chi connectivity index (χ1n) is 6.60. The Hall–Kier alpha value is -1.35. The molecule has 1 saturated heterocycles. The Morgan fingerprint density at radius 2 is 2.29 bits per heavy atom. The molecule has 0 aromatic heterocycles. The maximum Gasteiger partial charge on any atom is 0.339 e. The van der Waals surface area contributed by atoms with Gasteiger partial charge in [-0.15, -0.1) is 0 Å². The van der Waals surface area contributed by atoms with Crippen molar-refractivity contribution in [3.63, 3.8) is 0 Å². The highest BCUT2D eigenvalue weighted by molar-refractivity contribution is 14.1. The molecule has 0 radical (unpaired) electrons. The molecule has 1 heterocycles. The van der Waals surface area contributed by atoms with Gasteiger partial charge in [-0.25, -0.2) is 4.79 Å². The number of carboxylic acid groups (broad SMARTS) is 1. The molecule has 1 fully saturated rings. The largest absolute Gasteiger partial charge is 0.483 e. The second kappa shape index (κ2) is 7.60. The second-order valence-electron chi connectivity index (χ2n) is 4.67. The molecular weight excluding hydrogens is 389 g/mol. The zero-order valence-electron chi connectivity index (χ0n) is 11.3. The summed E-state index contributed by atoms with van der Waals surface area (Å²) >= 11 is 2.02. The molecule has 1 aromatic carbocycles. The van der Waals surface area contributed by atoms with E-state index in [0.717, 1.165) is 23.0 Å². The number of benzene rings is 1. The normalized spacial score (nSPS) is 17.5. The van der Waals surface area contributed by atoms with E-state index in [-0.39, 0.29) is 29.9 Å². The van der Waals surface area contributed by atoms with Crippen LogP contribution in [0.5, 0.6) is 5.75 Å². The third kappa shape index (κ3) is 4.85. The Kier molecular flexibility index (Phi) is 5.80. The number of hydrogen-bond acceptors (Lipinski definition) is 4. The fraction of sp³-hybridized carbons (Fsp3) is 0.429. The second-order valence-corrected chi connectivity index (χ2v) is 5.92. The minimum Gasteiger partial charge on any atom is -0.483 e. The maximum atomic E-state index is 11.7. The van der Waals surface area contributed by atoms with Crippen molar-refractivity contribution in [3.05, 3.63) is 27.3 Å². The molecule has 1 aliphatic rings. The fourth-order valence-electron chi connectivity index (χ4n) is 2.02. The van der Waals surface area contributed by atoms with Crippen LogP contribution in [0.2, 0.25) is 0 Å². The van der Waals surface area contributed by atoms with Gasteiger partial charge in [0.1, 0.15) is 11.3 Å². The smallest absolute Gasteiger partial charge is 0.339 e. The Morgan fingerprint density at radius 3 is 2.95 bits per heavy atom. The number of rotatable bonds is 6. The molecule has 6 nitrogen and oxygen atoms in total. The van der Waals surface area contributed by atoms with Gasteiger partial charge in [-0.05, 0) is 53.6 Å². The van der Waals surface area contributed by atoms with Gasteiger partial charge in [-0.1, -0.05) is 0 Å². The van der Waals surface area contributed by atoms with Crippen LogP contribution >= 0.6 is 22.6 Å². The molecule has 0 spiro atoms. The Morgan fingerprint density at radius 1 is 1.48 bits per heavy atom. The summed E-state index contributed by atoms with van der Waals surface area (Å²) in [5, 5.41) is 11.8. The van der Waals surface area contributed by atoms with E-state index in [1.807, 2.05) is 22.6 Å². The predicted octanol–water partition coefficient (Wildman–Crippen LogP) is 1.66. The summed E-state index contributed by atoms with van der Waals surface area (Å²) in [5.41, 5.74) is 0.0498. The third-order valence-corrected chi connectivity index (χ3v) is 3.75. The number of carboxylic acids is 1. The quantitative estimate of drug-likeness (QED) is 0.704. The Bertz CT molecular complexity index is 528. The van der Waals surface area contributed by atoms with Crippen LogP contribution in [0.15, 0.2) is 18.2 Å². The zero-order valence-corrected chi connectivity index (χ0v) is 13.5. The lowest BCUT2D eigenvalue weighted by Gasteiger charge is -2.12. The molecule has 1 aromatic rings. The number of aromatic carboxylic acids is 1. The van der Waals surface area contributed by atoms with Gasteiger partial charge in [0.05, 0.1) is 6.10 Å². The van der Waals surface area contributed by atoms with E-state index in [1.54, 1.807) is 12.1 Å². The average Bonchev–Trinajstić information content (AvgIpc) is 2.97. The number of carbonyl (C=O) groups is 2. The van der Waals surface area contributed by atoms with Crippen LogP contribution in [0.4, 0.5) is 0 Å². The minimum atomic E-state index is -1.08. The summed E-state index contributed by atoms with van der Waals surface area (Å²) in [7, 11) is 0. The van der Waals surface area contributed by atoms with Gasteiger partial charge < -0.3 is 19.9 Å². The number of ether oxygens (including phenoxy) is 2. The number of halogens is 1. The minimum absolute atomic E-state index is 0.0498. The van der Waals surface area contributed by atoms with Gasteiger partial charge in [0.15, 0.2) is 6.61 Å². The van der Waals surface area contributed by atoms with Crippen molar-refractivity contribution >= 4 is 34.5 Å². The first kappa shape index (κ1) is 16.0. The van der Waals surface area contributed by atoms with Crippen LogP contribution in [0.25, 0.3) is 0 Å². The van der Waals surface area contributed by atoms with E-state index in [4.69, 9.17) is 14.6 Å². The SMILES string of the molecule is O=C(COc1ccc(I)cc1C(=O)O)NCC1CCCO1. The number of carbonyl (C=O) groups excluding carboxylic acids is 1. The third-order valence-electron chi connectivity index (χ3n) is 3.08. The van der Waals surface area contributed by atoms with E-state index in [1.165, 1.54) is 6.07 Å². The number of nitrogens with one attached hydrogen (secondary N) is 1. The topological polar surface area (TPSA) is 84.9 Å². The zero-order chi connectivity index (χ0) is 15.2. The summed E-state index contributed by atoms with van der Waals surface area (Å²) in [6, 6.07) is 4.79. The van der Waals surface area contributed by atoms with E-state index in [2.05, 4.69) is 5.32 Å². The highest BCUT2D eigenvalue weighted by Crippen LogP contribution is 2.21. The van der Waals surface area contributed by atoms with Crippen molar-refractivity contribution in [1.29, 1.82) is 0 Å². The van der Waals surface area contributed by atoms with Crippen LogP contribution in [-0.2, 0) is 9.53 Å². The molecule has 1 amide bonds. The van der Waals surface area contributed by atoms with E-state index in [9.17, 15) is 9.59 Å². The average molecular weight is 405 g/mol. The summed E-state index contributed by atoms with van der Waals surface area (Å²) in [4.78, 5) is 22.8. The van der Waals surface area contributed by atoms with Crippen molar-refractivity contribution in [3.8, 4) is 5.75 Å². The first-order chi connectivity index (χ1) is 10.1. The summed E-state index contributed by atoms with van der Waals surface area (Å²) < 4.78 is 11.5. The summed E-state index contributed by atoms with van der Waals surface area (Å²) in [6.07, 6.45) is 2.03. The van der Waals surface area contributed by atoms with Gasteiger partial charge in [0, 0.05) is 16.7 Å². The highest BCUT2D eigenvalue weighted by Gasteiger charge is 2.17. The van der Waals surface area contributed by atoms with E-state index < -0.39 is 5.97 Å². The molecule has 0 bridgehead atoms. The van der Waals surface area contributed by atoms with Crippen LogP contribution < -0.4 is 10.1 Å². The van der Waals surface area contributed by atoms with Gasteiger partial charge in [0.25, 0.3) is 5.91 Å². The van der Waals surface area contributed by atoms with E-state index in [0.29, 0.717) is 6.54 Å². The van der Waals surface area contributed by atoms with Gasteiger partial charge in [-0.3, -0.25) is 4.79 Å². The lowest BCUT2D eigenvalue weighted by Crippen LogP contribution is -2.35. The van der Waals surface area contributed by atoms with E-state index >= 15 is 0 Å². The van der Waals surface area contributed by atoms with Crippen LogP contribution in [0.3, 0.4) is 0 Å². The fourth-order valence-corrected chi connectivity index (χ4v) is 2.51. The lowest BCUT2D eigenvalue weighted by molar-refractivity contribution is -0.123. The van der Waals surface area contributed by atoms with Gasteiger partial charge in [-0.2, -0.15) is 0 Å². The molecule has 0 aliphatic carbocycles. The predicted molar refractivity (Wildman–Crippen MR) is 83.6 cm³/mol. The Labute approximate surface area is 136 Å². The van der Waals surface area contributed by atoms with Crippen molar-refractivity contribution < 1.29 is 24.2 Å². The molecule has 2 N–H and O–H groups in total. The molecule has 1 atom stereocenters. The van der Waals surface area contributed by atoms with Crippen molar-refractivity contribution in [2.24, 2.45) is 0 Å². The monoisotopic (exact) mass is 405 g/mol. The number of hydrogen-bond donors (Lipinski definition) is 2. The molecule has 7 heteroatoms. The molecule has 1 aliphatic heterocycles. The van der Waals surface area contributed by atoms with Crippen LogP contribution in [-0.4, -0.2) is 42.8 Å². The first-order valence-corrected chi connectivity index (χ1v) is 7.68. The molecule has 1 unspecified atom stereocenters. The molecule has 2 rings (SSSR count). The van der Waals surface area contributed by atoms with Crippen molar-refractivity contribution in [2.75, 3.05) is 19.8 Å². The lowest BCUT2D eigenvalue weighted by atomic mass is 10.2. The molecule has 0 saturated carbocycles. The molecule has 21 heavy (non-hydrogen) atoms. The maximum absolute atomic E-state index is 11.7. The van der Waals surface area contributed by atoms with Gasteiger partial charge >= 0.3 is 5.97 Å². The van der Waals surface area contributed by atoms with Crippen molar-refractivity contribution in [2.45, 2.75) is 18.9 Å². The van der Waals surface area contributed by atoms with Gasteiger partial charge in [0.2, 0.25) is 0 Å². The van der Waals surface area contributed by atoms with Crippen LogP contribution in [0, 0.1) is 3.57 Å². The Balaban J connectivity index is 1.84. The molecule has 114 valence electrons. The van der Waals surface area contributed by atoms with Crippen LogP contribution in [0.1, 0.15) is 23.2 Å². The molecular formula is C14H16INO5.